The van der Waals surface area contributed by atoms with E-state index in [0.717, 1.165) is 47.8 Å². The Morgan fingerprint density at radius 3 is 2.03 bits per heavy atom. The largest absolute Gasteiger partial charge is 0.497 e. The lowest BCUT2D eigenvalue weighted by molar-refractivity contribution is 0.414. The Morgan fingerprint density at radius 2 is 1.50 bits per heavy atom. The van der Waals surface area contributed by atoms with Crippen molar-refractivity contribution in [2.75, 3.05) is 31.0 Å². The van der Waals surface area contributed by atoms with Crippen LogP contribution in [0.1, 0.15) is 30.9 Å². The highest BCUT2D eigenvalue weighted by Gasteiger charge is 2.19. The van der Waals surface area contributed by atoms with Gasteiger partial charge in [0.25, 0.3) is 0 Å². The van der Waals surface area contributed by atoms with Gasteiger partial charge in [0.1, 0.15) is 16.1 Å². The quantitative estimate of drug-likeness (QED) is 0.266. The fourth-order valence-electron chi connectivity index (χ4n) is 3.62. The van der Waals surface area contributed by atoms with Gasteiger partial charge in [-0.2, -0.15) is 4.98 Å². The van der Waals surface area contributed by atoms with E-state index in [0.29, 0.717) is 29.3 Å². The van der Waals surface area contributed by atoms with Gasteiger partial charge in [-0.3, -0.25) is 0 Å². The Labute approximate surface area is 208 Å². The van der Waals surface area contributed by atoms with Gasteiger partial charge in [-0.15, -0.1) is 5.10 Å². The highest BCUT2D eigenvalue weighted by molar-refractivity contribution is 9.10. The van der Waals surface area contributed by atoms with E-state index in [-0.39, 0.29) is 0 Å². The van der Waals surface area contributed by atoms with E-state index in [4.69, 9.17) is 14.5 Å². The molecular weight excluding hydrogens is 496 g/mol. The van der Waals surface area contributed by atoms with Crippen LogP contribution in [0.25, 0.3) is 5.65 Å². The summed E-state index contributed by atoms with van der Waals surface area (Å²) in [5, 5.41) is 7.97. The molecule has 4 rings (SSSR count). The second kappa shape index (κ2) is 11.2. The van der Waals surface area contributed by atoms with Crippen molar-refractivity contribution < 1.29 is 9.47 Å². The molecule has 0 fully saturated rings. The van der Waals surface area contributed by atoms with Gasteiger partial charge in [0, 0.05) is 19.6 Å². The standard InChI is InChI=1S/C25H29BrN6O2/c1-4-5-14-27-25-29-23(24-28-22(26)17-32(24)30-25)31(15-18-6-10-20(33-2)11-7-18)16-19-8-12-21(34-3)13-9-19/h6-13,17H,4-5,14-16H2,1-3H3,(H,27,30). The van der Waals surface area contributed by atoms with Crippen molar-refractivity contribution in [2.45, 2.75) is 32.9 Å². The molecule has 2 aromatic carbocycles. The van der Waals surface area contributed by atoms with Crippen LogP contribution in [0.4, 0.5) is 11.8 Å². The fraction of sp³-hybridized carbons (Fsp3) is 0.320. The van der Waals surface area contributed by atoms with E-state index in [1.165, 1.54) is 0 Å². The highest BCUT2D eigenvalue weighted by Crippen LogP contribution is 2.26. The van der Waals surface area contributed by atoms with E-state index >= 15 is 0 Å². The summed E-state index contributed by atoms with van der Waals surface area (Å²) < 4.78 is 13.1. The zero-order valence-corrected chi connectivity index (χ0v) is 21.2. The molecule has 178 valence electrons. The molecule has 0 spiro atoms. The number of anilines is 2. The summed E-state index contributed by atoms with van der Waals surface area (Å²) in [4.78, 5) is 11.8. The first-order valence-electron chi connectivity index (χ1n) is 11.3. The predicted molar refractivity (Wildman–Crippen MR) is 138 cm³/mol. The molecule has 2 aromatic heterocycles. The molecule has 0 unspecified atom stereocenters. The normalized spacial score (nSPS) is 10.9. The third kappa shape index (κ3) is 5.77. The van der Waals surface area contributed by atoms with Gasteiger partial charge >= 0.3 is 0 Å². The van der Waals surface area contributed by atoms with E-state index < -0.39 is 0 Å². The summed E-state index contributed by atoms with van der Waals surface area (Å²) in [6.07, 6.45) is 4.00. The summed E-state index contributed by atoms with van der Waals surface area (Å²) in [6.45, 7) is 4.26. The second-order valence-corrected chi connectivity index (χ2v) is 8.74. The van der Waals surface area contributed by atoms with Crippen LogP contribution < -0.4 is 19.7 Å². The Morgan fingerprint density at radius 1 is 0.912 bits per heavy atom. The number of hydrogen-bond acceptors (Lipinski definition) is 7. The minimum Gasteiger partial charge on any atom is -0.497 e. The van der Waals surface area contributed by atoms with Gasteiger partial charge in [-0.25, -0.2) is 9.50 Å². The Bertz CT molecular complexity index is 1160. The number of nitrogens with one attached hydrogen (secondary N) is 1. The molecule has 2 heterocycles. The maximum Gasteiger partial charge on any atom is 0.243 e. The van der Waals surface area contributed by atoms with Crippen molar-refractivity contribution in [3.63, 3.8) is 0 Å². The Balaban J connectivity index is 1.73. The number of benzene rings is 2. The van der Waals surface area contributed by atoms with Crippen molar-refractivity contribution in [3.8, 4) is 11.5 Å². The zero-order valence-electron chi connectivity index (χ0n) is 19.7. The average molecular weight is 525 g/mol. The molecule has 0 saturated heterocycles. The van der Waals surface area contributed by atoms with Crippen molar-refractivity contribution in [2.24, 2.45) is 0 Å². The molecule has 34 heavy (non-hydrogen) atoms. The number of methoxy groups -OCH3 is 2. The van der Waals surface area contributed by atoms with Gasteiger partial charge in [-0.1, -0.05) is 37.6 Å². The van der Waals surface area contributed by atoms with Gasteiger partial charge in [0.2, 0.25) is 5.95 Å². The highest BCUT2D eigenvalue weighted by atomic mass is 79.9. The topological polar surface area (TPSA) is 76.8 Å². The van der Waals surface area contributed by atoms with Crippen LogP contribution in [0.5, 0.6) is 11.5 Å². The van der Waals surface area contributed by atoms with Crippen LogP contribution in [-0.2, 0) is 13.1 Å². The zero-order chi connectivity index (χ0) is 23.9. The lowest BCUT2D eigenvalue weighted by Gasteiger charge is -2.25. The van der Waals surface area contributed by atoms with Gasteiger partial charge in [0.15, 0.2) is 11.5 Å². The van der Waals surface area contributed by atoms with E-state index in [1.807, 2.05) is 30.5 Å². The average Bonchev–Trinajstić information content (AvgIpc) is 3.24. The molecule has 9 heteroatoms. The third-order valence-corrected chi connectivity index (χ3v) is 5.83. The van der Waals surface area contributed by atoms with Crippen LogP contribution in [0.3, 0.4) is 0 Å². The van der Waals surface area contributed by atoms with Crippen LogP contribution in [0.2, 0.25) is 0 Å². The third-order valence-electron chi connectivity index (χ3n) is 5.45. The molecule has 0 saturated carbocycles. The first-order valence-corrected chi connectivity index (χ1v) is 12.1. The van der Waals surface area contributed by atoms with E-state index in [2.05, 4.69) is 67.4 Å². The summed E-state index contributed by atoms with van der Waals surface area (Å²) >= 11 is 3.50. The maximum absolute atomic E-state index is 5.33. The van der Waals surface area contributed by atoms with Gasteiger partial charge in [0.05, 0.1) is 20.4 Å². The molecule has 0 amide bonds. The smallest absolute Gasteiger partial charge is 0.243 e. The number of ether oxygens (including phenoxy) is 2. The lowest BCUT2D eigenvalue weighted by atomic mass is 10.1. The predicted octanol–water partition coefficient (Wildman–Crippen LogP) is 5.32. The lowest BCUT2D eigenvalue weighted by Crippen LogP contribution is -2.25. The fourth-order valence-corrected chi connectivity index (χ4v) is 3.98. The molecule has 0 atom stereocenters. The minimum atomic E-state index is 0.579. The number of fused-ring (bicyclic) bond motifs is 1. The number of hydrogen-bond donors (Lipinski definition) is 1. The van der Waals surface area contributed by atoms with Crippen LogP contribution in [0, 0.1) is 0 Å². The Hall–Kier alpha value is -3.33. The summed E-state index contributed by atoms with van der Waals surface area (Å²) in [5.41, 5.74) is 2.96. The van der Waals surface area contributed by atoms with Crippen molar-refractivity contribution in [3.05, 3.63) is 70.5 Å². The monoisotopic (exact) mass is 524 g/mol. The van der Waals surface area contributed by atoms with Gasteiger partial charge < -0.3 is 19.7 Å². The van der Waals surface area contributed by atoms with Crippen molar-refractivity contribution >= 4 is 33.3 Å². The van der Waals surface area contributed by atoms with Crippen LogP contribution >= 0.6 is 15.9 Å². The number of imidazole rings is 1. The molecule has 8 nitrogen and oxygen atoms in total. The van der Waals surface area contributed by atoms with Crippen LogP contribution in [-0.4, -0.2) is 40.3 Å². The minimum absolute atomic E-state index is 0.579. The number of nitrogens with zero attached hydrogens (tertiary/aromatic N) is 5. The summed E-state index contributed by atoms with van der Waals surface area (Å²) in [7, 11) is 3.34. The molecule has 0 aliphatic heterocycles. The molecule has 0 aliphatic carbocycles. The summed E-state index contributed by atoms with van der Waals surface area (Å²) in [5.74, 6) is 2.99. The molecule has 1 N–H and O–H groups in total. The molecule has 0 bridgehead atoms. The Kier molecular flexibility index (Phi) is 7.84. The number of aromatic nitrogens is 4. The first kappa shape index (κ1) is 23.8. The molecule has 0 radical (unpaired) electrons. The summed E-state index contributed by atoms with van der Waals surface area (Å²) in [6, 6.07) is 16.2. The first-order chi connectivity index (χ1) is 16.6. The molecule has 4 aromatic rings. The SMILES string of the molecule is CCCCNc1nc(N(Cc2ccc(OC)cc2)Cc2ccc(OC)cc2)c2nc(Br)cn2n1. The number of unbranched alkanes of at least 4 members (excludes halogenated alkanes) is 1. The molecule has 0 aliphatic rings. The number of halogens is 1. The van der Waals surface area contributed by atoms with Gasteiger partial charge in [-0.05, 0) is 57.7 Å². The van der Waals surface area contributed by atoms with Crippen molar-refractivity contribution in [1.82, 2.24) is 19.6 Å². The maximum atomic E-state index is 5.33. The molecular formula is C25H29BrN6O2. The van der Waals surface area contributed by atoms with Crippen LogP contribution in [0.15, 0.2) is 59.3 Å². The second-order valence-electron chi connectivity index (χ2n) is 7.92. The van der Waals surface area contributed by atoms with E-state index in [9.17, 15) is 0 Å². The number of rotatable bonds is 11. The van der Waals surface area contributed by atoms with E-state index in [1.54, 1.807) is 18.7 Å². The van der Waals surface area contributed by atoms with Crippen molar-refractivity contribution in [1.29, 1.82) is 0 Å².